The number of nitrogens with zero attached hydrogens (tertiary/aromatic N) is 2. The van der Waals surface area contributed by atoms with E-state index in [2.05, 4.69) is 47.9 Å². The van der Waals surface area contributed by atoms with Gasteiger partial charge in [-0.2, -0.15) is 0 Å². The molecule has 0 amide bonds. The molecular formula is C16H24N2. The summed E-state index contributed by atoms with van der Waals surface area (Å²) in [5.41, 5.74) is 3.04. The number of likely N-dealkylation sites (tertiary alicyclic amines) is 1. The van der Waals surface area contributed by atoms with E-state index in [0.717, 1.165) is 6.04 Å². The highest BCUT2D eigenvalue weighted by atomic mass is 15.2. The van der Waals surface area contributed by atoms with Crippen LogP contribution >= 0.6 is 0 Å². The second kappa shape index (κ2) is 4.93. The van der Waals surface area contributed by atoms with Crippen molar-refractivity contribution < 1.29 is 0 Å². The van der Waals surface area contributed by atoms with Crippen LogP contribution < -0.4 is 4.90 Å². The molecule has 0 N–H and O–H groups in total. The van der Waals surface area contributed by atoms with Gasteiger partial charge < -0.3 is 9.80 Å². The van der Waals surface area contributed by atoms with E-state index < -0.39 is 0 Å². The summed E-state index contributed by atoms with van der Waals surface area (Å²) in [4.78, 5) is 5.27. The van der Waals surface area contributed by atoms with E-state index in [9.17, 15) is 0 Å². The van der Waals surface area contributed by atoms with Crippen molar-refractivity contribution in [2.24, 2.45) is 0 Å². The normalized spacial score (nSPS) is 25.4. The molecule has 1 fully saturated rings. The molecule has 0 radical (unpaired) electrons. The molecule has 0 aromatic heterocycles. The average Bonchev–Trinajstić information content (AvgIpc) is 2.75. The Morgan fingerprint density at radius 1 is 1.17 bits per heavy atom. The molecule has 18 heavy (non-hydrogen) atoms. The Bertz CT molecular complexity index is 407. The lowest BCUT2D eigenvalue weighted by Crippen LogP contribution is -2.47. The van der Waals surface area contributed by atoms with E-state index in [0.29, 0.717) is 6.04 Å². The molecule has 3 rings (SSSR count). The Hall–Kier alpha value is -1.02. The smallest absolute Gasteiger partial charge is 0.0404 e. The first-order valence-corrected chi connectivity index (χ1v) is 7.38. The minimum atomic E-state index is 0.681. The maximum Gasteiger partial charge on any atom is 0.0404 e. The Labute approximate surface area is 111 Å². The van der Waals surface area contributed by atoms with Gasteiger partial charge in [0.05, 0.1) is 0 Å². The van der Waals surface area contributed by atoms with Crippen molar-refractivity contribution in [2.75, 3.05) is 24.5 Å². The number of fused-ring (bicyclic) bond motifs is 1. The summed E-state index contributed by atoms with van der Waals surface area (Å²) in [6, 6.07) is 10.4. The fourth-order valence-electron chi connectivity index (χ4n) is 3.66. The van der Waals surface area contributed by atoms with Crippen molar-refractivity contribution >= 4 is 5.69 Å². The van der Waals surface area contributed by atoms with Crippen molar-refractivity contribution in [3.05, 3.63) is 29.8 Å². The van der Waals surface area contributed by atoms with Crippen LogP contribution in [0.4, 0.5) is 5.69 Å². The van der Waals surface area contributed by atoms with Gasteiger partial charge in [-0.05, 0) is 44.4 Å². The van der Waals surface area contributed by atoms with Gasteiger partial charge in [-0.25, -0.2) is 0 Å². The number of anilines is 1. The first-order valence-electron chi connectivity index (χ1n) is 7.38. The van der Waals surface area contributed by atoms with E-state index >= 15 is 0 Å². The lowest BCUT2D eigenvalue weighted by Gasteiger charge is -2.40. The molecule has 2 aliphatic rings. The fourth-order valence-corrected chi connectivity index (χ4v) is 3.66. The Kier molecular flexibility index (Phi) is 3.29. The molecule has 1 saturated heterocycles. The number of benzene rings is 1. The van der Waals surface area contributed by atoms with Crippen molar-refractivity contribution in [1.29, 1.82) is 0 Å². The molecule has 1 aromatic rings. The highest BCUT2D eigenvalue weighted by Gasteiger charge is 2.32. The molecule has 2 aliphatic heterocycles. The molecule has 0 saturated carbocycles. The van der Waals surface area contributed by atoms with E-state index in [1.165, 1.54) is 44.6 Å². The molecule has 0 spiro atoms. The monoisotopic (exact) mass is 244 g/mol. The fraction of sp³-hybridized carbons (Fsp3) is 0.625. The van der Waals surface area contributed by atoms with Crippen molar-refractivity contribution in [1.82, 2.24) is 4.90 Å². The maximum atomic E-state index is 2.70. The Morgan fingerprint density at radius 2 is 1.89 bits per heavy atom. The molecule has 0 aliphatic carbocycles. The number of para-hydroxylation sites is 1. The Morgan fingerprint density at radius 3 is 2.61 bits per heavy atom. The van der Waals surface area contributed by atoms with Gasteiger partial charge in [0.1, 0.15) is 0 Å². The lowest BCUT2D eigenvalue weighted by molar-refractivity contribution is 0.216. The third-order valence-electron chi connectivity index (χ3n) is 4.66. The summed E-state index contributed by atoms with van der Waals surface area (Å²) >= 11 is 0. The molecular weight excluding hydrogens is 220 g/mol. The molecule has 0 bridgehead atoms. The van der Waals surface area contributed by atoms with Gasteiger partial charge >= 0.3 is 0 Å². The second-order valence-corrected chi connectivity index (χ2v) is 5.75. The van der Waals surface area contributed by atoms with Crippen LogP contribution in [0.2, 0.25) is 0 Å². The maximum absolute atomic E-state index is 2.70. The zero-order valence-corrected chi connectivity index (χ0v) is 11.6. The second-order valence-electron chi connectivity index (χ2n) is 5.75. The summed E-state index contributed by atoms with van der Waals surface area (Å²) in [7, 11) is 0. The van der Waals surface area contributed by atoms with Crippen LogP contribution in [0.5, 0.6) is 0 Å². The highest BCUT2D eigenvalue weighted by Crippen LogP contribution is 2.35. The third kappa shape index (κ3) is 2.03. The van der Waals surface area contributed by atoms with E-state index in [4.69, 9.17) is 0 Å². The average molecular weight is 244 g/mol. The van der Waals surface area contributed by atoms with Gasteiger partial charge in [-0.1, -0.05) is 25.1 Å². The minimum Gasteiger partial charge on any atom is -0.365 e. The summed E-state index contributed by atoms with van der Waals surface area (Å²) in [6.07, 6.45) is 3.88. The standard InChI is InChI=1S/C16H24N2/c1-3-17-10-8-15(9-11-17)18-13(2)12-14-6-4-5-7-16(14)18/h4-7,13,15H,3,8-12H2,1-2H3. The van der Waals surface area contributed by atoms with Crippen LogP contribution in [0.3, 0.4) is 0 Å². The first-order chi connectivity index (χ1) is 8.79. The van der Waals surface area contributed by atoms with Crippen molar-refractivity contribution in [3.8, 4) is 0 Å². The van der Waals surface area contributed by atoms with Crippen LogP contribution in [-0.2, 0) is 6.42 Å². The SMILES string of the molecule is CCN1CCC(N2c3ccccc3CC2C)CC1. The molecule has 2 nitrogen and oxygen atoms in total. The van der Waals surface area contributed by atoms with Gasteiger partial charge in [-0.15, -0.1) is 0 Å². The Balaban J connectivity index is 1.77. The van der Waals surface area contributed by atoms with E-state index in [1.807, 2.05) is 0 Å². The van der Waals surface area contributed by atoms with Crippen LogP contribution in [0.15, 0.2) is 24.3 Å². The minimum absolute atomic E-state index is 0.681. The molecule has 2 heteroatoms. The zero-order chi connectivity index (χ0) is 12.5. The van der Waals surface area contributed by atoms with Gasteiger partial charge in [0.25, 0.3) is 0 Å². The van der Waals surface area contributed by atoms with Crippen LogP contribution in [-0.4, -0.2) is 36.6 Å². The number of hydrogen-bond acceptors (Lipinski definition) is 2. The number of rotatable bonds is 2. The summed E-state index contributed by atoms with van der Waals surface area (Å²) in [6.45, 7) is 8.40. The summed E-state index contributed by atoms with van der Waals surface area (Å²) < 4.78 is 0. The molecule has 1 aromatic carbocycles. The zero-order valence-electron chi connectivity index (χ0n) is 11.6. The predicted octanol–water partition coefficient (Wildman–Crippen LogP) is 2.92. The lowest BCUT2D eigenvalue weighted by atomic mass is 10.0. The quantitative estimate of drug-likeness (QED) is 0.789. The number of piperidine rings is 1. The highest BCUT2D eigenvalue weighted by molar-refractivity contribution is 5.60. The van der Waals surface area contributed by atoms with Gasteiger partial charge in [0, 0.05) is 30.9 Å². The van der Waals surface area contributed by atoms with E-state index in [-0.39, 0.29) is 0 Å². The summed E-state index contributed by atoms with van der Waals surface area (Å²) in [5.74, 6) is 0. The van der Waals surface area contributed by atoms with Gasteiger partial charge in [0.2, 0.25) is 0 Å². The molecule has 1 unspecified atom stereocenters. The summed E-state index contributed by atoms with van der Waals surface area (Å²) in [5, 5.41) is 0. The molecule has 2 heterocycles. The largest absolute Gasteiger partial charge is 0.365 e. The van der Waals surface area contributed by atoms with Crippen LogP contribution in [0.25, 0.3) is 0 Å². The van der Waals surface area contributed by atoms with Crippen LogP contribution in [0, 0.1) is 0 Å². The topological polar surface area (TPSA) is 6.48 Å². The van der Waals surface area contributed by atoms with Crippen molar-refractivity contribution in [2.45, 2.75) is 45.2 Å². The third-order valence-corrected chi connectivity index (χ3v) is 4.66. The first kappa shape index (κ1) is 12.0. The van der Waals surface area contributed by atoms with Crippen LogP contribution in [0.1, 0.15) is 32.3 Å². The van der Waals surface area contributed by atoms with Gasteiger partial charge in [-0.3, -0.25) is 0 Å². The van der Waals surface area contributed by atoms with E-state index in [1.54, 1.807) is 5.56 Å². The molecule has 1 atom stereocenters. The number of hydrogen-bond donors (Lipinski definition) is 0. The predicted molar refractivity (Wildman–Crippen MR) is 77.2 cm³/mol. The molecule has 98 valence electrons. The van der Waals surface area contributed by atoms with Gasteiger partial charge in [0.15, 0.2) is 0 Å². The van der Waals surface area contributed by atoms with Crippen molar-refractivity contribution in [3.63, 3.8) is 0 Å².